The number of rotatable bonds is 3. The molecule has 2 aliphatic heterocycles. The van der Waals surface area contributed by atoms with Gasteiger partial charge in [0, 0.05) is 13.1 Å². The third kappa shape index (κ3) is 2.78. The second-order valence-electron chi connectivity index (χ2n) is 5.40. The summed E-state index contributed by atoms with van der Waals surface area (Å²) in [5.41, 5.74) is 0.666. The molecule has 1 atom stereocenters. The molecule has 1 aromatic rings. The first-order valence-electron chi connectivity index (χ1n) is 7.63. The summed E-state index contributed by atoms with van der Waals surface area (Å²) in [4.78, 5) is 28.3. The zero-order chi connectivity index (χ0) is 15.5. The Morgan fingerprint density at radius 2 is 2.00 bits per heavy atom. The number of carbonyl (C=O) groups excluding carboxylic acids is 2. The summed E-state index contributed by atoms with van der Waals surface area (Å²) in [6, 6.07) is 7.35. The fourth-order valence-corrected chi connectivity index (χ4v) is 2.75. The molecule has 0 saturated carbocycles. The smallest absolute Gasteiger partial charge is 0.268 e. The SMILES string of the molecule is CC[C@H]1Oc2ccccc2N(CC(=O)N2CCOCC2)C1=O. The maximum absolute atomic E-state index is 12.5. The number of morpholine rings is 1. The van der Waals surface area contributed by atoms with Crippen molar-refractivity contribution >= 4 is 17.5 Å². The minimum atomic E-state index is -0.521. The topological polar surface area (TPSA) is 59.1 Å². The Balaban J connectivity index is 1.81. The van der Waals surface area contributed by atoms with Gasteiger partial charge in [0.1, 0.15) is 12.3 Å². The van der Waals surface area contributed by atoms with Crippen molar-refractivity contribution in [3.05, 3.63) is 24.3 Å². The highest BCUT2D eigenvalue weighted by Gasteiger charge is 2.35. The molecule has 0 aromatic heterocycles. The summed E-state index contributed by atoms with van der Waals surface area (Å²) in [6.07, 6.45) is 0.0578. The molecule has 0 aliphatic carbocycles. The van der Waals surface area contributed by atoms with Crippen LogP contribution >= 0.6 is 0 Å². The van der Waals surface area contributed by atoms with E-state index in [0.717, 1.165) is 0 Å². The maximum Gasteiger partial charge on any atom is 0.268 e. The lowest BCUT2D eigenvalue weighted by Crippen LogP contribution is -2.51. The molecule has 1 saturated heterocycles. The number of amides is 2. The molecule has 22 heavy (non-hydrogen) atoms. The Bertz CT molecular complexity index is 569. The van der Waals surface area contributed by atoms with Crippen molar-refractivity contribution in [3.63, 3.8) is 0 Å². The molecular formula is C16H20N2O4. The molecular weight excluding hydrogens is 284 g/mol. The van der Waals surface area contributed by atoms with Crippen molar-refractivity contribution in [2.75, 3.05) is 37.7 Å². The Labute approximate surface area is 129 Å². The summed E-state index contributed by atoms with van der Waals surface area (Å²) >= 11 is 0. The van der Waals surface area contributed by atoms with Crippen molar-refractivity contribution in [2.24, 2.45) is 0 Å². The van der Waals surface area contributed by atoms with Gasteiger partial charge in [-0.2, -0.15) is 0 Å². The molecule has 0 bridgehead atoms. The van der Waals surface area contributed by atoms with E-state index < -0.39 is 6.10 Å². The van der Waals surface area contributed by atoms with Crippen LogP contribution in [0, 0.1) is 0 Å². The molecule has 2 amide bonds. The summed E-state index contributed by atoms with van der Waals surface area (Å²) in [7, 11) is 0. The quantitative estimate of drug-likeness (QED) is 0.837. The van der Waals surface area contributed by atoms with Gasteiger partial charge in [0.25, 0.3) is 5.91 Å². The Hall–Kier alpha value is -2.08. The number of fused-ring (bicyclic) bond motifs is 1. The molecule has 0 radical (unpaired) electrons. The van der Waals surface area contributed by atoms with E-state index in [4.69, 9.17) is 9.47 Å². The average molecular weight is 304 g/mol. The molecule has 6 heteroatoms. The van der Waals surface area contributed by atoms with Crippen LogP contribution in [-0.2, 0) is 14.3 Å². The summed E-state index contributed by atoms with van der Waals surface area (Å²) in [6.45, 7) is 4.22. The number of carbonyl (C=O) groups is 2. The monoisotopic (exact) mass is 304 g/mol. The van der Waals surface area contributed by atoms with Crippen molar-refractivity contribution < 1.29 is 19.1 Å². The molecule has 1 aromatic carbocycles. The van der Waals surface area contributed by atoms with E-state index in [1.54, 1.807) is 9.80 Å². The molecule has 1 fully saturated rings. The highest BCUT2D eigenvalue weighted by atomic mass is 16.5. The number of nitrogens with zero attached hydrogens (tertiary/aromatic N) is 2. The fraction of sp³-hybridized carbons (Fsp3) is 0.500. The lowest BCUT2D eigenvalue weighted by molar-refractivity contribution is -0.136. The predicted molar refractivity (Wildman–Crippen MR) is 80.9 cm³/mol. The summed E-state index contributed by atoms with van der Waals surface area (Å²) in [5.74, 6) is 0.453. The number of para-hydroxylation sites is 2. The number of benzene rings is 1. The van der Waals surface area contributed by atoms with E-state index in [1.807, 2.05) is 31.2 Å². The first-order valence-corrected chi connectivity index (χ1v) is 7.63. The van der Waals surface area contributed by atoms with Crippen LogP contribution in [0.3, 0.4) is 0 Å². The van der Waals surface area contributed by atoms with Gasteiger partial charge < -0.3 is 14.4 Å². The second kappa shape index (κ2) is 6.36. The van der Waals surface area contributed by atoms with Crippen LogP contribution < -0.4 is 9.64 Å². The van der Waals surface area contributed by atoms with E-state index in [9.17, 15) is 9.59 Å². The Morgan fingerprint density at radius 1 is 1.27 bits per heavy atom. The predicted octanol–water partition coefficient (Wildman–Crippen LogP) is 1.05. The lowest BCUT2D eigenvalue weighted by Gasteiger charge is -2.35. The van der Waals surface area contributed by atoms with Gasteiger partial charge in [-0.05, 0) is 18.6 Å². The minimum absolute atomic E-state index is 0.0513. The van der Waals surface area contributed by atoms with Crippen molar-refractivity contribution in [1.82, 2.24) is 4.90 Å². The number of hydrogen-bond donors (Lipinski definition) is 0. The third-order valence-corrected chi connectivity index (χ3v) is 3.99. The zero-order valence-electron chi connectivity index (χ0n) is 12.7. The van der Waals surface area contributed by atoms with Gasteiger partial charge >= 0.3 is 0 Å². The second-order valence-corrected chi connectivity index (χ2v) is 5.40. The largest absolute Gasteiger partial charge is 0.478 e. The molecule has 6 nitrogen and oxygen atoms in total. The minimum Gasteiger partial charge on any atom is -0.478 e. The first kappa shape index (κ1) is 14.8. The van der Waals surface area contributed by atoms with Crippen LogP contribution in [0.25, 0.3) is 0 Å². The van der Waals surface area contributed by atoms with E-state index in [1.165, 1.54) is 0 Å². The number of hydrogen-bond acceptors (Lipinski definition) is 4. The van der Waals surface area contributed by atoms with Gasteiger partial charge in [0.15, 0.2) is 6.10 Å². The highest BCUT2D eigenvalue weighted by molar-refractivity contribution is 6.03. The maximum atomic E-state index is 12.5. The zero-order valence-corrected chi connectivity index (χ0v) is 12.7. The van der Waals surface area contributed by atoms with Gasteiger partial charge in [0.05, 0.1) is 18.9 Å². The van der Waals surface area contributed by atoms with Crippen molar-refractivity contribution in [3.8, 4) is 5.75 Å². The van der Waals surface area contributed by atoms with Gasteiger partial charge in [0.2, 0.25) is 5.91 Å². The summed E-state index contributed by atoms with van der Waals surface area (Å²) < 4.78 is 11.0. The van der Waals surface area contributed by atoms with Crippen LogP contribution in [-0.4, -0.2) is 55.7 Å². The summed E-state index contributed by atoms with van der Waals surface area (Å²) in [5, 5.41) is 0. The number of anilines is 1. The molecule has 0 unspecified atom stereocenters. The van der Waals surface area contributed by atoms with Crippen LogP contribution in [0.15, 0.2) is 24.3 Å². The van der Waals surface area contributed by atoms with E-state index in [0.29, 0.717) is 44.2 Å². The van der Waals surface area contributed by atoms with Gasteiger partial charge in [-0.25, -0.2) is 0 Å². The molecule has 3 rings (SSSR count). The van der Waals surface area contributed by atoms with Crippen LogP contribution in [0.2, 0.25) is 0 Å². The Kier molecular flexibility index (Phi) is 4.29. The first-order chi connectivity index (χ1) is 10.7. The third-order valence-electron chi connectivity index (χ3n) is 3.99. The van der Waals surface area contributed by atoms with Gasteiger partial charge in [-0.3, -0.25) is 14.5 Å². The molecule has 2 aliphatic rings. The standard InChI is InChI=1S/C16H20N2O4/c1-2-13-16(20)18(12-5-3-4-6-14(12)22-13)11-15(19)17-7-9-21-10-8-17/h3-6,13H,2,7-11H2,1H3/t13-/m1/s1. The van der Waals surface area contributed by atoms with Crippen molar-refractivity contribution in [2.45, 2.75) is 19.4 Å². The van der Waals surface area contributed by atoms with Crippen molar-refractivity contribution in [1.29, 1.82) is 0 Å². The molecule has 118 valence electrons. The van der Waals surface area contributed by atoms with Gasteiger partial charge in [-0.15, -0.1) is 0 Å². The van der Waals surface area contributed by atoms with Gasteiger partial charge in [-0.1, -0.05) is 19.1 Å². The van der Waals surface area contributed by atoms with E-state index in [-0.39, 0.29) is 18.4 Å². The highest BCUT2D eigenvalue weighted by Crippen LogP contribution is 2.34. The van der Waals surface area contributed by atoms with Crippen LogP contribution in [0.1, 0.15) is 13.3 Å². The Morgan fingerprint density at radius 3 is 2.73 bits per heavy atom. The van der Waals surface area contributed by atoms with E-state index in [2.05, 4.69) is 0 Å². The lowest BCUT2D eigenvalue weighted by atomic mass is 10.1. The van der Waals surface area contributed by atoms with E-state index >= 15 is 0 Å². The average Bonchev–Trinajstić information content (AvgIpc) is 2.57. The molecule has 0 N–H and O–H groups in total. The molecule has 0 spiro atoms. The van der Waals surface area contributed by atoms with Crippen LogP contribution in [0.5, 0.6) is 5.75 Å². The number of ether oxygens (including phenoxy) is 2. The fourth-order valence-electron chi connectivity index (χ4n) is 2.75. The van der Waals surface area contributed by atoms with Crippen LogP contribution in [0.4, 0.5) is 5.69 Å². The normalized spacial score (nSPS) is 21.3. The molecule has 2 heterocycles.